The summed E-state index contributed by atoms with van der Waals surface area (Å²) in [6.45, 7) is 3.84. The van der Waals surface area contributed by atoms with E-state index in [-0.39, 0.29) is 5.91 Å². The number of benzene rings is 1. The van der Waals surface area contributed by atoms with Crippen molar-refractivity contribution in [1.82, 2.24) is 4.90 Å². The van der Waals surface area contributed by atoms with Crippen molar-refractivity contribution in [2.24, 2.45) is 0 Å². The van der Waals surface area contributed by atoms with E-state index in [4.69, 9.17) is 11.6 Å². The summed E-state index contributed by atoms with van der Waals surface area (Å²) >= 11 is 5.91. The molecule has 1 saturated heterocycles. The van der Waals surface area contributed by atoms with E-state index in [1.54, 1.807) is 12.1 Å². The van der Waals surface area contributed by atoms with Crippen LogP contribution in [0.5, 0.6) is 0 Å². The number of hydrogen-bond acceptors (Lipinski definition) is 1. The molecule has 1 aromatic rings. The van der Waals surface area contributed by atoms with Crippen LogP contribution in [0.4, 0.5) is 0 Å². The van der Waals surface area contributed by atoms with E-state index >= 15 is 0 Å². The highest BCUT2D eigenvalue weighted by Crippen LogP contribution is 2.13. The summed E-state index contributed by atoms with van der Waals surface area (Å²) in [5.41, 5.74) is 0.692. The maximum atomic E-state index is 12.3. The van der Waals surface area contributed by atoms with Crippen molar-refractivity contribution in [3.63, 3.8) is 0 Å². The topological polar surface area (TPSA) is 24.8 Å². The van der Waals surface area contributed by atoms with Gasteiger partial charge in [-0.25, -0.2) is 0 Å². The second-order valence-electron chi connectivity index (χ2n) is 4.61. The maximum absolute atomic E-state index is 12.3. The fourth-order valence-corrected chi connectivity index (χ4v) is 2.33. The summed E-state index contributed by atoms with van der Waals surface area (Å²) in [5.74, 6) is 0.0993. The van der Waals surface area contributed by atoms with Gasteiger partial charge >= 0.3 is 0 Å². The van der Waals surface area contributed by atoms with Crippen molar-refractivity contribution in [1.29, 1.82) is 0 Å². The molecule has 1 aromatic carbocycles. The quantitative estimate of drug-likeness (QED) is 0.783. The van der Waals surface area contributed by atoms with Crippen molar-refractivity contribution in [2.75, 3.05) is 33.2 Å². The van der Waals surface area contributed by atoms with E-state index in [1.165, 1.54) is 4.90 Å². The summed E-state index contributed by atoms with van der Waals surface area (Å²) in [7, 11) is 2.17. The molecule has 92 valence electrons. The van der Waals surface area contributed by atoms with E-state index in [2.05, 4.69) is 7.05 Å². The molecule has 0 aromatic heterocycles. The normalized spacial score (nSPS) is 21.1. The number of nitrogens with zero attached hydrogens (tertiary/aromatic N) is 1. The summed E-state index contributed by atoms with van der Waals surface area (Å²) in [6, 6.07) is 7.18. The molecule has 3 nitrogen and oxygen atoms in total. The Morgan fingerprint density at radius 3 is 2.94 bits per heavy atom. The Kier molecular flexibility index (Phi) is 4.02. The van der Waals surface area contributed by atoms with Gasteiger partial charge in [-0.1, -0.05) is 17.7 Å². The predicted molar refractivity (Wildman–Crippen MR) is 68.6 cm³/mol. The van der Waals surface area contributed by atoms with Gasteiger partial charge in [0.25, 0.3) is 5.91 Å². The molecule has 0 aliphatic carbocycles. The molecule has 0 saturated carbocycles. The molecule has 1 amide bonds. The third-order valence-corrected chi connectivity index (χ3v) is 3.43. The molecule has 1 atom stereocenters. The van der Waals surface area contributed by atoms with Crippen LogP contribution in [-0.4, -0.2) is 44.0 Å². The van der Waals surface area contributed by atoms with Gasteiger partial charge in [0.1, 0.15) is 0 Å². The molecule has 1 heterocycles. The maximum Gasteiger partial charge on any atom is 0.254 e. The first kappa shape index (κ1) is 12.4. The van der Waals surface area contributed by atoms with E-state index < -0.39 is 0 Å². The van der Waals surface area contributed by atoms with Gasteiger partial charge in [0.2, 0.25) is 0 Å². The largest absolute Gasteiger partial charge is 0.336 e. The van der Waals surface area contributed by atoms with Crippen molar-refractivity contribution in [3.8, 4) is 0 Å². The van der Waals surface area contributed by atoms with Gasteiger partial charge in [0, 0.05) is 23.6 Å². The minimum absolute atomic E-state index is 0.0993. The molecular formula is C13H18ClN2O+. The van der Waals surface area contributed by atoms with Crippen LogP contribution in [0, 0.1) is 0 Å². The number of hydrogen-bond donors (Lipinski definition) is 1. The van der Waals surface area contributed by atoms with Crippen molar-refractivity contribution in [3.05, 3.63) is 34.9 Å². The zero-order chi connectivity index (χ0) is 12.3. The standard InChI is InChI=1S/C13H17ClN2O/c1-15-6-3-7-16(9-8-15)13(17)11-4-2-5-12(14)10-11/h2,4-5,10H,3,6-9H2,1H3/p+1. The smallest absolute Gasteiger partial charge is 0.254 e. The van der Waals surface area contributed by atoms with Crippen LogP contribution in [0.3, 0.4) is 0 Å². The molecule has 0 spiro atoms. The zero-order valence-electron chi connectivity index (χ0n) is 10.1. The first-order valence-corrected chi connectivity index (χ1v) is 6.41. The molecule has 0 bridgehead atoms. The summed E-state index contributed by atoms with van der Waals surface area (Å²) in [5, 5.41) is 0.619. The molecule has 4 heteroatoms. The van der Waals surface area contributed by atoms with Crippen LogP contribution < -0.4 is 4.90 Å². The minimum atomic E-state index is 0.0993. The van der Waals surface area contributed by atoms with Crippen LogP contribution in [0.1, 0.15) is 16.8 Å². The van der Waals surface area contributed by atoms with Gasteiger partial charge in [-0.3, -0.25) is 4.79 Å². The highest BCUT2D eigenvalue weighted by Gasteiger charge is 2.20. The van der Waals surface area contributed by atoms with Gasteiger partial charge < -0.3 is 9.80 Å². The van der Waals surface area contributed by atoms with Crippen LogP contribution in [0.15, 0.2) is 24.3 Å². The molecule has 1 aliphatic rings. The van der Waals surface area contributed by atoms with Crippen LogP contribution in [0.2, 0.25) is 5.02 Å². The number of amides is 1. The first-order valence-electron chi connectivity index (χ1n) is 6.03. The van der Waals surface area contributed by atoms with E-state index in [0.29, 0.717) is 10.6 Å². The van der Waals surface area contributed by atoms with Gasteiger partial charge in [0.15, 0.2) is 0 Å². The van der Waals surface area contributed by atoms with Crippen molar-refractivity contribution >= 4 is 17.5 Å². The number of carbonyl (C=O) groups excluding carboxylic acids is 1. The summed E-state index contributed by atoms with van der Waals surface area (Å²) in [6.07, 6.45) is 1.07. The number of likely N-dealkylation sites (N-methyl/N-ethyl adjacent to an activating group) is 1. The highest BCUT2D eigenvalue weighted by molar-refractivity contribution is 6.30. The molecule has 1 aliphatic heterocycles. The highest BCUT2D eigenvalue weighted by atomic mass is 35.5. The van der Waals surface area contributed by atoms with Crippen LogP contribution in [0.25, 0.3) is 0 Å². The van der Waals surface area contributed by atoms with Gasteiger partial charge in [-0.15, -0.1) is 0 Å². The first-order chi connectivity index (χ1) is 8.16. The minimum Gasteiger partial charge on any atom is -0.336 e. The molecule has 2 rings (SSSR count). The van der Waals surface area contributed by atoms with Crippen LogP contribution in [-0.2, 0) is 0 Å². The molecule has 1 N–H and O–H groups in total. The molecular weight excluding hydrogens is 236 g/mol. The monoisotopic (exact) mass is 253 g/mol. The third kappa shape index (κ3) is 3.20. The predicted octanol–water partition coefficient (Wildman–Crippen LogP) is 0.701. The molecule has 1 fully saturated rings. The lowest BCUT2D eigenvalue weighted by Gasteiger charge is -2.19. The average molecular weight is 254 g/mol. The number of quaternary nitrogens is 1. The SMILES string of the molecule is C[NH+]1CCCN(C(=O)c2cccc(Cl)c2)CC1. The third-order valence-electron chi connectivity index (χ3n) is 3.20. The van der Waals surface area contributed by atoms with E-state index in [1.807, 2.05) is 17.0 Å². The Morgan fingerprint density at radius 1 is 1.35 bits per heavy atom. The zero-order valence-corrected chi connectivity index (χ0v) is 10.8. The number of rotatable bonds is 1. The van der Waals surface area contributed by atoms with E-state index in [0.717, 1.165) is 32.6 Å². The van der Waals surface area contributed by atoms with Gasteiger partial charge in [-0.05, 0) is 18.2 Å². The fraction of sp³-hybridized carbons (Fsp3) is 0.462. The van der Waals surface area contributed by atoms with Gasteiger partial charge in [0.05, 0.1) is 26.7 Å². The second-order valence-corrected chi connectivity index (χ2v) is 5.05. The number of nitrogens with one attached hydrogen (secondary N) is 1. The second kappa shape index (κ2) is 5.52. The van der Waals surface area contributed by atoms with Crippen molar-refractivity contribution < 1.29 is 9.69 Å². The Balaban J connectivity index is 2.09. The number of carbonyl (C=O) groups is 1. The Labute approximate surface area is 107 Å². The summed E-state index contributed by atoms with van der Waals surface area (Å²) in [4.78, 5) is 15.7. The molecule has 17 heavy (non-hydrogen) atoms. The molecule has 0 radical (unpaired) electrons. The van der Waals surface area contributed by atoms with Crippen molar-refractivity contribution in [2.45, 2.75) is 6.42 Å². The lowest BCUT2D eigenvalue weighted by Crippen LogP contribution is -3.09. The fourth-order valence-electron chi connectivity index (χ4n) is 2.14. The van der Waals surface area contributed by atoms with E-state index in [9.17, 15) is 4.79 Å². The Hall–Kier alpha value is -1.06. The van der Waals surface area contributed by atoms with Gasteiger partial charge in [-0.2, -0.15) is 0 Å². The summed E-state index contributed by atoms with van der Waals surface area (Å²) < 4.78 is 0. The average Bonchev–Trinajstić information content (AvgIpc) is 2.53. The lowest BCUT2D eigenvalue weighted by atomic mass is 10.2. The number of halogens is 1. The lowest BCUT2D eigenvalue weighted by molar-refractivity contribution is -0.877. The van der Waals surface area contributed by atoms with Crippen LogP contribution >= 0.6 is 11.6 Å². The Morgan fingerprint density at radius 2 is 2.18 bits per heavy atom. The Bertz CT molecular complexity index is 408. The molecule has 1 unspecified atom stereocenters.